The van der Waals surface area contributed by atoms with E-state index in [4.69, 9.17) is 0 Å². The molecule has 0 N–H and O–H groups in total. The molecule has 2 aromatic carbocycles. The molecule has 3 rings (SSSR count). The third-order valence-electron chi connectivity index (χ3n) is 2.86. The van der Waals surface area contributed by atoms with E-state index in [9.17, 15) is 4.39 Å². The van der Waals surface area contributed by atoms with Crippen LogP contribution in [-0.2, 0) is 6.54 Å². The van der Waals surface area contributed by atoms with Crippen molar-refractivity contribution in [1.29, 1.82) is 0 Å². The summed E-state index contributed by atoms with van der Waals surface area (Å²) >= 11 is 0. The van der Waals surface area contributed by atoms with Crippen LogP contribution < -0.4 is 0 Å². The smallest absolute Gasteiger partial charge is 0.123 e. The molecule has 1 radical (unpaired) electrons. The number of hydrogen-bond donors (Lipinski definition) is 0. The second-order valence-electron chi connectivity index (χ2n) is 4.04. The van der Waals surface area contributed by atoms with Crippen molar-refractivity contribution < 1.29 is 4.39 Å². The van der Waals surface area contributed by atoms with Gasteiger partial charge in [0.25, 0.3) is 0 Å². The summed E-state index contributed by atoms with van der Waals surface area (Å²) in [5, 5.41) is 1.18. The number of rotatable bonds is 2. The van der Waals surface area contributed by atoms with Gasteiger partial charge in [0.05, 0.1) is 6.20 Å². The molecule has 0 spiro atoms. The molecule has 1 aromatic heterocycles. The fraction of sp³-hybridized carbons (Fsp3) is 0.0667. The SMILES string of the molecule is Fc1ccc(Cn2[c]cc3ccccc32)cc1. The third kappa shape index (κ3) is 1.94. The first-order valence-electron chi connectivity index (χ1n) is 5.53. The Bertz CT molecular complexity index is 637. The Labute approximate surface area is 99.1 Å². The van der Waals surface area contributed by atoms with Gasteiger partial charge in [0, 0.05) is 17.4 Å². The molecule has 0 aliphatic heterocycles. The van der Waals surface area contributed by atoms with Gasteiger partial charge in [-0.2, -0.15) is 0 Å². The molecule has 0 amide bonds. The predicted octanol–water partition coefficient (Wildman–Crippen LogP) is 3.63. The fourth-order valence-corrected chi connectivity index (χ4v) is 1.98. The Morgan fingerprint density at radius 3 is 2.59 bits per heavy atom. The Kier molecular flexibility index (Phi) is 2.41. The lowest BCUT2D eigenvalue weighted by Crippen LogP contribution is -1.97. The van der Waals surface area contributed by atoms with E-state index in [2.05, 4.69) is 18.3 Å². The maximum atomic E-state index is 12.8. The average molecular weight is 224 g/mol. The van der Waals surface area contributed by atoms with E-state index in [1.807, 2.05) is 22.8 Å². The highest BCUT2D eigenvalue weighted by Crippen LogP contribution is 2.16. The highest BCUT2D eigenvalue weighted by atomic mass is 19.1. The Hall–Kier alpha value is -2.09. The molecular formula is C15H11FN. The maximum absolute atomic E-state index is 12.8. The lowest BCUT2D eigenvalue weighted by atomic mass is 10.2. The van der Waals surface area contributed by atoms with Crippen LogP contribution in [0.15, 0.2) is 54.6 Å². The Morgan fingerprint density at radius 1 is 1.00 bits per heavy atom. The fourth-order valence-electron chi connectivity index (χ4n) is 1.98. The summed E-state index contributed by atoms with van der Waals surface area (Å²) in [6.45, 7) is 0.716. The highest BCUT2D eigenvalue weighted by molar-refractivity contribution is 5.79. The third-order valence-corrected chi connectivity index (χ3v) is 2.86. The molecule has 0 bridgehead atoms. The minimum atomic E-state index is -0.199. The molecule has 83 valence electrons. The van der Waals surface area contributed by atoms with Crippen molar-refractivity contribution in [2.75, 3.05) is 0 Å². The monoisotopic (exact) mass is 224 g/mol. The van der Waals surface area contributed by atoms with Crippen LogP contribution in [0.1, 0.15) is 5.56 Å². The van der Waals surface area contributed by atoms with Crippen LogP contribution in [0.5, 0.6) is 0 Å². The van der Waals surface area contributed by atoms with Crippen molar-refractivity contribution in [1.82, 2.24) is 4.57 Å². The quantitative estimate of drug-likeness (QED) is 0.626. The highest BCUT2D eigenvalue weighted by Gasteiger charge is 2.01. The molecule has 17 heavy (non-hydrogen) atoms. The topological polar surface area (TPSA) is 4.93 Å². The van der Waals surface area contributed by atoms with Gasteiger partial charge in [-0.05, 0) is 29.8 Å². The number of para-hydroxylation sites is 1. The summed E-state index contributed by atoms with van der Waals surface area (Å²) < 4.78 is 14.8. The van der Waals surface area contributed by atoms with E-state index in [1.54, 1.807) is 12.1 Å². The first-order chi connectivity index (χ1) is 8.33. The molecule has 0 fully saturated rings. The van der Waals surface area contributed by atoms with Crippen LogP contribution in [0.25, 0.3) is 10.9 Å². The van der Waals surface area contributed by atoms with Gasteiger partial charge in [-0.25, -0.2) is 4.39 Å². The molecule has 0 saturated heterocycles. The van der Waals surface area contributed by atoms with E-state index < -0.39 is 0 Å². The van der Waals surface area contributed by atoms with E-state index in [0.29, 0.717) is 6.54 Å². The Morgan fingerprint density at radius 2 is 1.76 bits per heavy atom. The first-order valence-corrected chi connectivity index (χ1v) is 5.53. The number of benzene rings is 2. The van der Waals surface area contributed by atoms with Crippen LogP contribution in [0, 0.1) is 12.0 Å². The number of fused-ring (bicyclic) bond motifs is 1. The van der Waals surface area contributed by atoms with Crippen molar-refractivity contribution >= 4 is 10.9 Å². The average Bonchev–Trinajstić information content (AvgIpc) is 2.76. The molecule has 0 atom stereocenters. The molecule has 0 saturated carbocycles. The minimum Gasteiger partial charge on any atom is -0.335 e. The molecule has 0 aliphatic rings. The van der Waals surface area contributed by atoms with Gasteiger partial charge < -0.3 is 4.57 Å². The van der Waals surface area contributed by atoms with E-state index in [1.165, 1.54) is 17.5 Å². The van der Waals surface area contributed by atoms with E-state index >= 15 is 0 Å². The first kappa shape index (κ1) is 10.1. The van der Waals surface area contributed by atoms with E-state index in [-0.39, 0.29) is 5.82 Å². The lowest BCUT2D eigenvalue weighted by Gasteiger charge is -2.05. The number of nitrogens with zero attached hydrogens (tertiary/aromatic N) is 1. The molecule has 2 heteroatoms. The zero-order valence-corrected chi connectivity index (χ0v) is 9.23. The molecule has 1 nitrogen and oxygen atoms in total. The van der Waals surface area contributed by atoms with Crippen LogP contribution in [-0.4, -0.2) is 4.57 Å². The number of hydrogen-bond acceptors (Lipinski definition) is 0. The van der Waals surface area contributed by atoms with Crippen LogP contribution in [0.4, 0.5) is 4.39 Å². The van der Waals surface area contributed by atoms with Crippen molar-refractivity contribution in [3.63, 3.8) is 0 Å². The van der Waals surface area contributed by atoms with Gasteiger partial charge >= 0.3 is 0 Å². The predicted molar refractivity (Wildman–Crippen MR) is 66.3 cm³/mol. The van der Waals surface area contributed by atoms with Crippen molar-refractivity contribution in [3.05, 3.63) is 72.2 Å². The second-order valence-corrected chi connectivity index (χ2v) is 4.04. The standard InChI is InChI=1S/C15H11FN/c16-14-7-5-12(6-8-14)11-17-10-9-13-3-1-2-4-15(13)17/h1-9H,11H2. The minimum absolute atomic E-state index is 0.199. The lowest BCUT2D eigenvalue weighted by molar-refractivity contribution is 0.626. The number of aromatic nitrogens is 1. The van der Waals surface area contributed by atoms with E-state index in [0.717, 1.165) is 11.1 Å². The van der Waals surface area contributed by atoms with Gasteiger partial charge in [-0.15, -0.1) is 0 Å². The van der Waals surface area contributed by atoms with Crippen molar-refractivity contribution in [2.24, 2.45) is 0 Å². The molecular weight excluding hydrogens is 213 g/mol. The second kappa shape index (κ2) is 4.06. The largest absolute Gasteiger partial charge is 0.335 e. The van der Waals surface area contributed by atoms with Crippen molar-refractivity contribution in [3.8, 4) is 0 Å². The van der Waals surface area contributed by atoms with Crippen LogP contribution in [0.3, 0.4) is 0 Å². The van der Waals surface area contributed by atoms with Gasteiger partial charge in [-0.1, -0.05) is 30.3 Å². The van der Waals surface area contributed by atoms with Crippen LogP contribution in [0.2, 0.25) is 0 Å². The summed E-state index contributed by atoms with van der Waals surface area (Å²) in [5.74, 6) is -0.199. The normalized spacial score (nSPS) is 10.9. The number of halogens is 1. The van der Waals surface area contributed by atoms with Crippen molar-refractivity contribution in [2.45, 2.75) is 6.54 Å². The summed E-state index contributed by atoms with van der Waals surface area (Å²) in [6, 6.07) is 16.7. The van der Waals surface area contributed by atoms with Gasteiger partial charge in [0.15, 0.2) is 0 Å². The summed E-state index contributed by atoms with van der Waals surface area (Å²) in [5.41, 5.74) is 2.22. The molecule has 3 aromatic rings. The summed E-state index contributed by atoms with van der Waals surface area (Å²) in [6.07, 6.45) is 3.20. The van der Waals surface area contributed by atoms with Crippen LogP contribution >= 0.6 is 0 Å². The molecule has 0 aliphatic carbocycles. The van der Waals surface area contributed by atoms with Gasteiger partial charge in [0.2, 0.25) is 0 Å². The summed E-state index contributed by atoms with van der Waals surface area (Å²) in [7, 11) is 0. The zero-order chi connectivity index (χ0) is 11.7. The molecule has 1 heterocycles. The Balaban J connectivity index is 1.97. The zero-order valence-electron chi connectivity index (χ0n) is 9.23. The van der Waals surface area contributed by atoms with Gasteiger partial charge in [0.1, 0.15) is 5.82 Å². The summed E-state index contributed by atoms with van der Waals surface area (Å²) in [4.78, 5) is 0. The van der Waals surface area contributed by atoms with Gasteiger partial charge in [-0.3, -0.25) is 0 Å². The molecule has 0 unspecified atom stereocenters. The maximum Gasteiger partial charge on any atom is 0.123 e.